The van der Waals surface area contributed by atoms with Crippen molar-refractivity contribution in [3.8, 4) is 5.75 Å². The van der Waals surface area contributed by atoms with Gasteiger partial charge in [-0.2, -0.15) is 12.6 Å². The van der Waals surface area contributed by atoms with Gasteiger partial charge in [0.15, 0.2) is 0 Å². The fourth-order valence-electron chi connectivity index (χ4n) is 4.93. The predicted molar refractivity (Wildman–Crippen MR) is 248 cm³/mol. The summed E-state index contributed by atoms with van der Waals surface area (Å²) in [5.74, 6) is 1.86. The third-order valence-corrected chi connectivity index (χ3v) is 7.48. The maximum atomic E-state index is 11.9. The fraction of sp³-hybridized carbons (Fsp3) is 0.511. The number of rotatable bonds is 16. The van der Waals surface area contributed by atoms with Crippen LogP contribution in [0.25, 0.3) is 5.57 Å². The highest BCUT2D eigenvalue weighted by Gasteiger charge is 2.29. The lowest BCUT2D eigenvalue weighted by molar-refractivity contribution is -0.121. The summed E-state index contributed by atoms with van der Waals surface area (Å²) in [7, 11) is 3.20. The van der Waals surface area contributed by atoms with Crippen molar-refractivity contribution in [2.75, 3.05) is 45.4 Å². The molecule has 56 heavy (non-hydrogen) atoms. The number of carbonyl (C=O) groups is 2. The third-order valence-electron chi connectivity index (χ3n) is 7.48. The van der Waals surface area contributed by atoms with Crippen molar-refractivity contribution in [3.05, 3.63) is 101 Å². The zero-order valence-electron chi connectivity index (χ0n) is 36.9. The van der Waals surface area contributed by atoms with Crippen LogP contribution in [0.3, 0.4) is 0 Å². The molecule has 1 saturated heterocycles. The number of anilines is 1. The number of allylic oxidation sites excluding steroid dienone is 9. The largest absolute Gasteiger partial charge is 0.494 e. The fourth-order valence-corrected chi connectivity index (χ4v) is 4.93. The number of nitrogens with one attached hydrogen (secondary N) is 3. The van der Waals surface area contributed by atoms with Crippen molar-refractivity contribution in [2.24, 2.45) is 29.0 Å². The first-order valence-electron chi connectivity index (χ1n) is 20.0. The van der Waals surface area contributed by atoms with E-state index in [1.807, 2.05) is 57.2 Å². The lowest BCUT2D eigenvalue weighted by Gasteiger charge is -2.37. The Labute approximate surface area is 347 Å². The minimum Gasteiger partial charge on any atom is -0.494 e. The standard InChI is InChI=1S/C23H32N4O2.C14H24N2.C3H8.C2H5NO.C2H6.CH4S/c1-5-7-9-16(6-2)18-10-8-11-19(22(18)29-4)26-20(15(3)24)14-21(25)27-23(28)17-12-13-17;1-4-6-14(8-5-7-13(3)15)11-16-9-12(2)10-16;1-3-2;1-3-2-4;2*1-2/h6-11,14,17,26H,5,12-13,24-25H2,1-4H3,(H,27,28);5,7-8,12H,3-4,6,9-11,15H2,1-2H3;3H2,1-2H3;2H,1H3,(H,3,4);1-2H3;2H,1H3/b9-7-,16-6+,20-15+,21-14+;7-5-,14-8+;;;;. The summed E-state index contributed by atoms with van der Waals surface area (Å²) in [4.78, 5) is 23.5. The van der Waals surface area contributed by atoms with Crippen molar-refractivity contribution in [3.63, 3.8) is 0 Å². The van der Waals surface area contributed by atoms with Crippen LogP contribution in [0, 0.1) is 11.8 Å². The second kappa shape index (κ2) is 36.3. The number of ether oxygens (including phenoxy) is 1. The number of nitrogens with two attached hydrogens (primary N) is 3. The summed E-state index contributed by atoms with van der Waals surface area (Å²) in [6.07, 6.45) is 22.6. The highest BCUT2D eigenvalue weighted by molar-refractivity contribution is 7.79. The number of hydrogen-bond acceptors (Lipinski definition) is 9. The van der Waals surface area contributed by atoms with Gasteiger partial charge in [-0.25, -0.2) is 0 Å². The van der Waals surface area contributed by atoms with E-state index in [2.05, 4.69) is 92.9 Å². The van der Waals surface area contributed by atoms with Crippen LogP contribution < -0.4 is 37.9 Å². The Morgan fingerprint density at radius 3 is 2.09 bits per heavy atom. The first-order chi connectivity index (χ1) is 26.8. The molecule has 1 heterocycles. The van der Waals surface area contributed by atoms with Gasteiger partial charge in [0.25, 0.3) is 0 Å². The zero-order valence-corrected chi connectivity index (χ0v) is 37.8. The van der Waals surface area contributed by atoms with E-state index in [4.69, 9.17) is 26.7 Å². The number of nitrogens with zero attached hydrogens (tertiary/aromatic N) is 1. The van der Waals surface area contributed by atoms with Crippen molar-refractivity contribution in [1.82, 2.24) is 15.5 Å². The molecule has 10 nitrogen and oxygen atoms in total. The number of methoxy groups -OCH3 is 1. The number of para-hydroxylation sites is 1. The van der Waals surface area contributed by atoms with Gasteiger partial charge in [-0.1, -0.05) is 116 Å². The van der Waals surface area contributed by atoms with Crippen LogP contribution in [0.5, 0.6) is 5.75 Å². The molecule has 1 aliphatic heterocycles. The second-order valence-corrected chi connectivity index (χ2v) is 12.9. The van der Waals surface area contributed by atoms with Crippen LogP contribution >= 0.6 is 12.6 Å². The van der Waals surface area contributed by atoms with E-state index in [9.17, 15) is 4.79 Å². The van der Waals surface area contributed by atoms with Crippen molar-refractivity contribution in [2.45, 2.75) is 101 Å². The number of likely N-dealkylation sites (tertiary alicyclic amines) is 1. The smallest absolute Gasteiger partial charge is 0.228 e. The van der Waals surface area contributed by atoms with Crippen molar-refractivity contribution < 1.29 is 14.3 Å². The molecule has 318 valence electrons. The van der Waals surface area contributed by atoms with Gasteiger partial charge in [-0.15, -0.1) is 0 Å². The molecule has 1 aromatic carbocycles. The summed E-state index contributed by atoms with van der Waals surface area (Å²) >= 11 is 3.53. The molecule has 1 aromatic rings. The zero-order chi connectivity index (χ0) is 43.5. The SMILES string of the molecule is C/C=C(\C=C/CC)c1cccc(NC(/C=C(\N)NC(=O)C2CC2)=C(\C)N)c1OC.C=C(N)/C=C\C=C(/CCC)CN1CC(C)C1.CC.CCC.CNC=O.CS. The van der Waals surface area contributed by atoms with Crippen LogP contribution in [0.1, 0.15) is 106 Å². The van der Waals surface area contributed by atoms with Gasteiger partial charge >= 0.3 is 0 Å². The van der Waals surface area contributed by atoms with Gasteiger partial charge in [0.1, 0.15) is 11.6 Å². The van der Waals surface area contributed by atoms with E-state index < -0.39 is 0 Å². The second-order valence-electron chi connectivity index (χ2n) is 12.9. The normalized spacial score (nSPS) is 14.6. The Kier molecular flexibility index (Phi) is 36.3. The molecule has 0 unspecified atom stereocenters. The van der Waals surface area contributed by atoms with Gasteiger partial charge in [0.05, 0.1) is 18.5 Å². The highest BCUT2D eigenvalue weighted by Crippen LogP contribution is 2.35. The highest BCUT2D eigenvalue weighted by atomic mass is 32.1. The molecule has 9 N–H and O–H groups in total. The molecule has 1 aliphatic carbocycles. The van der Waals surface area contributed by atoms with E-state index >= 15 is 0 Å². The van der Waals surface area contributed by atoms with Gasteiger partial charge < -0.3 is 37.9 Å². The summed E-state index contributed by atoms with van der Waals surface area (Å²) in [6, 6.07) is 5.88. The Morgan fingerprint density at radius 1 is 1.07 bits per heavy atom. The molecule has 0 aromatic heterocycles. The monoisotopic (exact) mass is 798 g/mol. The lowest BCUT2D eigenvalue weighted by Crippen LogP contribution is -2.45. The number of carbonyl (C=O) groups excluding carboxylic acids is 2. The first-order valence-corrected chi connectivity index (χ1v) is 20.8. The minimum atomic E-state index is -0.0483. The van der Waals surface area contributed by atoms with E-state index in [1.54, 1.807) is 33.4 Å². The van der Waals surface area contributed by atoms with Crippen LogP contribution in [-0.4, -0.2) is 57.3 Å². The van der Waals surface area contributed by atoms with Crippen LogP contribution in [0.2, 0.25) is 0 Å². The van der Waals surface area contributed by atoms with Crippen LogP contribution in [-0.2, 0) is 9.59 Å². The van der Waals surface area contributed by atoms with Gasteiger partial charge in [-0.05, 0) is 69.4 Å². The molecule has 0 bridgehead atoms. The Balaban J connectivity index is -0.000000871. The molecule has 2 aliphatic rings. The number of benzene rings is 1. The molecular weight excluding hydrogens is 719 g/mol. The minimum absolute atomic E-state index is 0.0483. The van der Waals surface area contributed by atoms with Crippen LogP contribution in [0.15, 0.2) is 95.8 Å². The third kappa shape index (κ3) is 26.5. The van der Waals surface area contributed by atoms with E-state index in [1.165, 1.54) is 37.9 Å². The summed E-state index contributed by atoms with van der Waals surface area (Å²) < 4.78 is 5.71. The van der Waals surface area contributed by atoms with Gasteiger partial charge in [0.2, 0.25) is 12.3 Å². The molecule has 11 heteroatoms. The number of thiol groups is 1. The van der Waals surface area contributed by atoms with Crippen molar-refractivity contribution >= 4 is 36.2 Å². The van der Waals surface area contributed by atoms with Gasteiger partial charge in [-0.3, -0.25) is 14.5 Å². The number of amides is 2. The van der Waals surface area contributed by atoms with E-state index in [0.29, 0.717) is 29.3 Å². The number of hydrogen-bond donors (Lipinski definition) is 7. The van der Waals surface area contributed by atoms with Gasteiger partial charge in [0, 0.05) is 55.6 Å². The first kappa shape index (κ1) is 56.0. The molecule has 3 rings (SSSR count). The topological polar surface area (TPSA) is 161 Å². The average Bonchev–Trinajstić information content (AvgIpc) is 4.03. The predicted octanol–water partition coefficient (Wildman–Crippen LogP) is 9.04. The van der Waals surface area contributed by atoms with E-state index in [-0.39, 0.29) is 17.6 Å². The summed E-state index contributed by atoms with van der Waals surface area (Å²) in [5.41, 5.74) is 23.6. The molecule has 0 radical (unpaired) electrons. The van der Waals surface area contributed by atoms with E-state index in [0.717, 1.165) is 48.5 Å². The molecule has 0 spiro atoms. The maximum absolute atomic E-state index is 11.9. The lowest BCUT2D eigenvalue weighted by atomic mass is 10.0. The molecule has 1 saturated carbocycles. The Bertz CT molecular complexity index is 1420. The maximum Gasteiger partial charge on any atom is 0.228 e. The summed E-state index contributed by atoms with van der Waals surface area (Å²) in [6.45, 7) is 25.9. The molecule has 2 amide bonds. The quantitative estimate of drug-likeness (QED) is 0.0496. The Hall–Kier alpha value is -4.35. The van der Waals surface area contributed by atoms with Crippen molar-refractivity contribution in [1.29, 1.82) is 0 Å². The molecular formula is C45H79N7O3S. The molecule has 0 atom stereocenters. The van der Waals surface area contributed by atoms with Crippen LogP contribution in [0.4, 0.5) is 5.69 Å². The molecule has 2 fully saturated rings. The Morgan fingerprint density at radius 2 is 1.66 bits per heavy atom. The average molecular weight is 798 g/mol. The summed E-state index contributed by atoms with van der Waals surface area (Å²) in [5, 5.41) is 8.27.